The predicted octanol–water partition coefficient (Wildman–Crippen LogP) is 3.96. The molecule has 164 valence electrons. The molecule has 0 bridgehead atoms. The Bertz CT molecular complexity index is 1970. The number of nitrogens with two attached hydrogens (primary N) is 1. The summed E-state index contributed by atoms with van der Waals surface area (Å²) in [5.41, 5.74) is -0.679. The van der Waals surface area contributed by atoms with Crippen LogP contribution in [0.25, 0.3) is 0 Å². The number of amides is 1. The van der Waals surface area contributed by atoms with Gasteiger partial charge in [-0.2, -0.15) is 0 Å². The second-order valence-electron chi connectivity index (χ2n) is 7.12. The molecule has 32 heavy (non-hydrogen) atoms. The van der Waals surface area contributed by atoms with Crippen LogP contribution in [-0.4, -0.2) is 37.0 Å². The predicted molar refractivity (Wildman–Crippen MR) is 127 cm³/mol. The molecule has 0 aromatic heterocycles. The zero-order valence-electron chi connectivity index (χ0n) is 37.5. The summed E-state index contributed by atoms with van der Waals surface area (Å²) in [7, 11) is 0. The smallest absolute Gasteiger partial charge is 0.232 e. The monoisotopic (exact) mass is 447 g/mol. The van der Waals surface area contributed by atoms with Crippen molar-refractivity contribution in [2.24, 2.45) is 11.7 Å². The van der Waals surface area contributed by atoms with E-state index in [-0.39, 0.29) is 0 Å². The SMILES string of the molecule is [2H]c1c([2H])c([2H])c(C(C(N)=O)(c2c([2H])c([2H])c([2H])c([2H])c2[2H])[C@@H]2CCN(C([2H])([2H])C([2H])([2H])c3c([2H])c([2H])c4c(c3[2H])C([2H])([2H])C([2H])([2H])O4)C2)c([2H])c1[2H]. The van der Waals surface area contributed by atoms with Crippen LogP contribution in [0.15, 0.2) is 78.6 Å². The maximum Gasteiger partial charge on any atom is 0.232 e. The highest BCUT2D eigenvalue weighted by Gasteiger charge is 2.49. The first-order chi connectivity index (χ1) is 24.1. The fourth-order valence-electron chi connectivity index (χ4n) is 3.97. The Morgan fingerprint density at radius 3 is 2.47 bits per heavy atom. The molecular weight excluding hydrogens is 396 g/mol. The summed E-state index contributed by atoms with van der Waals surface area (Å²) in [6.45, 7) is -7.85. The number of carbonyl (C=O) groups is 1. The minimum Gasteiger partial charge on any atom is -0.493 e. The van der Waals surface area contributed by atoms with Crippen molar-refractivity contribution in [1.82, 2.24) is 4.90 Å². The number of rotatable bonds is 7. The highest BCUT2D eigenvalue weighted by molar-refractivity contribution is 5.91. The van der Waals surface area contributed by atoms with Gasteiger partial charge in [0.2, 0.25) is 5.91 Å². The van der Waals surface area contributed by atoms with Crippen LogP contribution in [0.4, 0.5) is 0 Å². The molecule has 0 saturated carbocycles. The van der Waals surface area contributed by atoms with Gasteiger partial charge in [0.05, 0.1) is 27.1 Å². The first-order valence-electron chi connectivity index (χ1n) is 20.1. The summed E-state index contributed by atoms with van der Waals surface area (Å²) in [6, 6.07) is -13.0. The molecule has 0 aliphatic carbocycles. The lowest BCUT2D eigenvalue weighted by atomic mass is 9.64. The van der Waals surface area contributed by atoms with Crippen molar-refractivity contribution >= 4 is 5.91 Å². The molecule has 2 aliphatic rings. The number of fused-ring (bicyclic) bond motifs is 1. The van der Waals surface area contributed by atoms with Crippen LogP contribution in [0.3, 0.4) is 0 Å². The molecule has 0 unspecified atom stereocenters. The number of carbonyl (C=O) groups excluding carboxylic acids is 1. The number of ether oxygens (including phenoxy) is 1. The van der Waals surface area contributed by atoms with Crippen molar-refractivity contribution in [3.05, 3.63) is 101 Å². The van der Waals surface area contributed by atoms with E-state index >= 15 is 0 Å². The Labute approximate surface area is 219 Å². The van der Waals surface area contributed by atoms with Crippen molar-refractivity contribution < 1.29 is 38.3 Å². The van der Waals surface area contributed by atoms with Crippen molar-refractivity contribution in [2.45, 2.75) is 24.6 Å². The van der Waals surface area contributed by atoms with Gasteiger partial charge in [-0.15, -0.1) is 0 Å². The molecule has 2 aliphatic heterocycles. The Morgan fingerprint density at radius 1 is 1.12 bits per heavy atom. The number of hydrogen-bond acceptors (Lipinski definition) is 3. The number of nitrogens with zero attached hydrogens (tertiary/aromatic N) is 1. The largest absolute Gasteiger partial charge is 0.493 e. The van der Waals surface area contributed by atoms with Crippen molar-refractivity contribution in [2.75, 3.05) is 26.1 Å². The standard InChI is InChI=1S/C28H30N2O2/c29-27(31)28(23-7-3-1-4-8-23,24-9-5-2-6-10-24)25-14-17-30(20-25)16-13-21-11-12-26-22(19-21)15-18-32-26/h1-12,19,25H,13-18,20H2,(H2,29,31)/t25-/m1/s1/i1D,2D,3D,4D,5D,6D,7D,8D,9D,10D,11D,12D,13D2,15D2,16D2,18D2,19D. The van der Waals surface area contributed by atoms with Crippen molar-refractivity contribution in [1.29, 1.82) is 0 Å². The molecule has 0 radical (unpaired) electrons. The molecule has 2 N–H and O–H groups in total. The van der Waals surface area contributed by atoms with E-state index in [1.807, 2.05) is 0 Å². The summed E-state index contributed by atoms with van der Waals surface area (Å²) in [5, 5.41) is 0. The molecule has 1 atom stereocenters. The summed E-state index contributed by atoms with van der Waals surface area (Å²) < 4.78 is 183. The van der Waals surface area contributed by atoms with E-state index in [4.69, 9.17) is 39.3 Å². The topological polar surface area (TPSA) is 55.6 Å². The maximum absolute atomic E-state index is 14.0. The lowest BCUT2D eigenvalue weighted by Crippen LogP contribution is -2.49. The molecular formula is C28H30N2O2. The van der Waals surface area contributed by atoms with Crippen LogP contribution >= 0.6 is 0 Å². The number of benzene rings is 3. The molecule has 1 fully saturated rings. The normalized spacial score (nSPS) is 31.8. The Morgan fingerprint density at radius 2 is 1.81 bits per heavy atom. The Kier molecular flexibility index (Phi) is 2.13. The third-order valence-corrected chi connectivity index (χ3v) is 5.42. The quantitative estimate of drug-likeness (QED) is 0.596. The molecule has 3 aromatic rings. The van der Waals surface area contributed by atoms with E-state index in [1.165, 1.54) is 0 Å². The van der Waals surface area contributed by atoms with Gasteiger partial charge in [-0.1, -0.05) is 72.5 Å². The fourth-order valence-corrected chi connectivity index (χ4v) is 3.97. The van der Waals surface area contributed by atoms with Gasteiger partial charge in [-0.05, 0) is 53.6 Å². The van der Waals surface area contributed by atoms with Crippen LogP contribution in [-0.2, 0) is 23.0 Å². The van der Waals surface area contributed by atoms with Crippen molar-refractivity contribution in [3.8, 4) is 5.75 Å². The third kappa shape index (κ3) is 3.69. The van der Waals surface area contributed by atoms with Gasteiger partial charge in [0, 0.05) is 27.6 Å². The van der Waals surface area contributed by atoms with Gasteiger partial charge >= 0.3 is 0 Å². The average molecular weight is 448 g/mol. The molecule has 3 aromatic carbocycles. The fraction of sp³-hybridized carbons (Fsp3) is 0.321. The molecule has 2 heterocycles. The summed E-state index contributed by atoms with van der Waals surface area (Å²) in [6.07, 6.45) is -7.09. The highest BCUT2D eigenvalue weighted by atomic mass is 16.5. The lowest BCUT2D eigenvalue weighted by molar-refractivity contribution is -0.123. The lowest BCUT2D eigenvalue weighted by Gasteiger charge is -2.37. The second-order valence-corrected chi connectivity index (χ2v) is 7.12. The molecule has 4 heteroatoms. The number of primary amides is 1. The Balaban J connectivity index is 1.77. The molecule has 1 saturated heterocycles. The van der Waals surface area contributed by atoms with Gasteiger partial charge in [-0.3, -0.25) is 4.79 Å². The minimum absolute atomic E-state index is 0.436. The van der Waals surface area contributed by atoms with Crippen molar-refractivity contribution in [3.63, 3.8) is 0 Å². The maximum atomic E-state index is 14.0. The zero-order valence-corrected chi connectivity index (χ0v) is 16.5. The summed E-state index contributed by atoms with van der Waals surface area (Å²) in [5.74, 6) is -3.97. The first kappa shape index (κ1) is 7.74. The second kappa shape index (κ2) is 8.79. The summed E-state index contributed by atoms with van der Waals surface area (Å²) in [4.78, 5) is 14.7. The molecule has 5 rings (SSSR count). The van der Waals surface area contributed by atoms with Crippen LogP contribution in [0.2, 0.25) is 0 Å². The molecule has 1 amide bonds. The van der Waals surface area contributed by atoms with Gasteiger partial charge in [0.15, 0.2) is 0 Å². The van der Waals surface area contributed by atoms with Gasteiger partial charge in [0.1, 0.15) is 11.2 Å². The van der Waals surface area contributed by atoms with Crippen LogP contribution < -0.4 is 10.5 Å². The van der Waals surface area contributed by atoms with Gasteiger partial charge in [0.25, 0.3) is 0 Å². The number of likely N-dealkylation sites (tertiary alicyclic amines) is 1. The van der Waals surface area contributed by atoms with Gasteiger partial charge < -0.3 is 15.4 Å². The zero-order chi connectivity index (χ0) is 40.5. The van der Waals surface area contributed by atoms with Crippen LogP contribution in [0.1, 0.15) is 57.5 Å². The van der Waals surface area contributed by atoms with E-state index in [0.717, 1.165) is 4.90 Å². The Hall–Kier alpha value is -3.11. The molecule has 0 spiro atoms. The van der Waals surface area contributed by atoms with E-state index in [0.29, 0.717) is 0 Å². The minimum atomic E-state index is -3.50. The third-order valence-electron chi connectivity index (χ3n) is 5.42. The highest BCUT2D eigenvalue weighted by Crippen LogP contribution is 2.43. The van der Waals surface area contributed by atoms with Crippen LogP contribution in [0.5, 0.6) is 5.75 Å². The average Bonchev–Trinajstić information content (AvgIpc) is 3.63. The summed E-state index contributed by atoms with van der Waals surface area (Å²) >= 11 is 0. The van der Waals surface area contributed by atoms with E-state index in [2.05, 4.69) is 0 Å². The van der Waals surface area contributed by atoms with E-state index in [9.17, 15) is 4.79 Å². The van der Waals surface area contributed by atoms with E-state index < -0.39 is 169 Å². The van der Waals surface area contributed by atoms with Crippen LogP contribution in [0, 0.1) is 5.92 Å². The molecule has 4 nitrogen and oxygen atoms in total. The first-order valence-corrected chi connectivity index (χ1v) is 9.61. The van der Waals surface area contributed by atoms with E-state index in [1.54, 1.807) is 0 Å². The van der Waals surface area contributed by atoms with Gasteiger partial charge in [-0.25, -0.2) is 0 Å². The number of hydrogen-bond donors (Lipinski definition) is 1.